The van der Waals surface area contributed by atoms with Crippen molar-refractivity contribution in [1.29, 1.82) is 0 Å². The molecule has 3 rings (SSSR count). The number of unbranched alkanes of at least 4 members (excludes halogenated alkanes) is 3. The second-order valence-corrected chi connectivity index (χ2v) is 8.44. The van der Waals surface area contributed by atoms with E-state index >= 15 is 0 Å². The van der Waals surface area contributed by atoms with Crippen LogP contribution in [-0.4, -0.2) is 22.8 Å². The molecule has 0 fully saturated rings. The van der Waals surface area contributed by atoms with Gasteiger partial charge in [0.2, 0.25) is 0 Å². The molecule has 174 valence electrons. The smallest absolute Gasteiger partial charge is 0.131 e. The van der Waals surface area contributed by atoms with Crippen molar-refractivity contribution in [2.45, 2.75) is 58.5 Å². The van der Waals surface area contributed by atoms with Crippen LogP contribution in [0.1, 0.15) is 57.9 Å². The SMILES string of the molecule is CCCCCOC(C)CCCC=Cc1ccc(-c2ccc(-c3ccc(O)cc3)nc2)cc1F. The first-order valence-electron chi connectivity index (χ1n) is 11.9. The number of hydrogen-bond acceptors (Lipinski definition) is 3. The van der Waals surface area contributed by atoms with Gasteiger partial charge in [0.15, 0.2) is 0 Å². The fourth-order valence-corrected chi connectivity index (χ4v) is 3.66. The molecule has 3 nitrogen and oxygen atoms in total. The summed E-state index contributed by atoms with van der Waals surface area (Å²) in [5.74, 6) is -0.0136. The van der Waals surface area contributed by atoms with Gasteiger partial charge < -0.3 is 9.84 Å². The molecule has 0 radical (unpaired) electrons. The van der Waals surface area contributed by atoms with Crippen LogP contribution >= 0.6 is 0 Å². The zero-order chi connectivity index (χ0) is 23.5. The fourth-order valence-electron chi connectivity index (χ4n) is 3.66. The molecule has 1 unspecified atom stereocenters. The van der Waals surface area contributed by atoms with E-state index in [-0.39, 0.29) is 17.7 Å². The minimum Gasteiger partial charge on any atom is -0.508 e. The van der Waals surface area contributed by atoms with E-state index in [1.807, 2.05) is 48.6 Å². The molecular formula is C29H34FNO2. The lowest BCUT2D eigenvalue weighted by Gasteiger charge is -2.12. The molecular weight excluding hydrogens is 413 g/mol. The molecule has 2 aromatic carbocycles. The number of halogens is 1. The zero-order valence-electron chi connectivity index (χ0n) is 19.6. The Morgan fingerprint density at radius 2 is 1.73 bits per heavy atom. The third kappa shape index (κ3) is 7.83. The van der Waals surface area contributed by atoms with Crippen LogP contribution in [0.25, 0.3) is 28.5 Å². The number of hydrogen-bond donors (Lipinski definition) is 1. The number of aromatic nitrogens is 1. The zero-order valence-corrected chi connectivity index (χ0v) is 19.6. The van der Waals surface area contributed by atoms with Gasteiger partial charge in [0.25, 0.3) is 0 Å². The molecule has 4 heteroatoms. The summed E-state index contributed by atoms with van der Waals surface area (Å²) in [7, 11) is 0. The van der Waals surface area contributed by atoms with Crippen LogP contribution in [0, 0.1) is 5.82 Å². The summed E-state index contributed by atoms with van der Waals surface area (Å²) in [5, 5.41) is 9.43. The highest BCUT2D eigenvalue weighted by Gasteiger charge is 2.06. The van der Waals surface area contributed by atoms with E-state index in [9.17, 15) is 9.50 Å². The van der Waals surface area contributed by atoms with Gasteiger partial charge in [-0.2, -0.15) is 0 Å². The molecule has 0 saturated carbocycles. The highest BCUT2D eigenvalue weighted by atomic mass is 19.1. The van der Waals surface area contributed by atoms with Crippen LogP contribution in [0.5, 0.6) is 5.75 Å². The van der Waals surface area contributed by atoms with Gasteiger partial charge >= 0.3 is 0 Å². The Balaban J connectivity index is 1.51. The molecule has 1 heterocycles. The Morgan fingerprint density at radius 1 is 0.970 bits per heavy atom. The van der Waals surface area contributed by atoms with Crippen molar-refractivity contribution >= 4 is 6.08 Å². The molecule has 0 spiro atoms. The van der Waals surface area contributed by atoms with E-state index in [0.29, 0.717) is 5.56 Å². The first-order chi connectivity index (χ1) is 16.1. The molecule has 1 N–H and O–H groups in total. The molecule has 0 bridgehead atoms. The van der Waals surface area contributed by atoms with E-state index in [2.05, 4.69) is 18.8 Å². The second-order valence-electron chi connectivity index (χ2n) is 8.44. The highest BCUT2D eigenvalue weighted by molar-refractivity contribution is 5.68. The predicted molar refractivity (Wildman–Crippen MR) is 135 cm³/mol. The van der Waals surface area contributed by atoms with Gasteiger partial charge in [-0.25, -0.2) is 4.39 Å². The van der Waals surface area contributed by atoms with Gasteiger partial charge in [-0.15, -0.1) is 0 Å². The minimum absolute atomic E-state index is 0.223. The molecule has 0 amide bonds. The van der Waals surface area contributed by atoms with Crippen molar-refractivity contribution in [2.75, 3.05) is 6.61 Å². The van der Waals surface area contributed by atoms with E-state index < -0.39 is 0 Å². The molecule has 1 atom stereocenters. The quantitative estimate of drug-likeness (QED) is 0.286. The summed E-state index contributed by atoms with van der Waals surface area (Å²) >= 11 is 0. The number of benzene rings is 2. The van der Waals surface area contributed by atoms with Gasteiger partial charge in [-0.05, 0) is 74.6 Å². The number of ether oxygens (including phenoxy) is 1. The van der Waals surface area contributed by atoms with Crippen molar-refractivity contribution in [2.24, 2.45) is 0 Å². The standard InChI is InChI=1S/C29H34FNO2/c1-3-4-8-19-33-22(2)9-6-5-7-10-23-11-12-25(20-28(23)30)26-15-18-29(31-21-26)24-13-16-27(32)17-14-24/h7,10-18,20-22,32H,3-6,8-9,19H2,1-2H3. The van der Waals surface area contributed by atoms with Gasteiger partial charge in [0.05, 0.1) is 11.8 Å². The van der Waals surface area contributed by atoms with Crippen LogP contribution in [0.2, 0.25) is 0 Å². The van der Waals surface area contributed by atoms with Gasteiger partial charge in [-0.3, -0.25) is 4.98 Å². The van der Waals surface area contributed by atoms with Crippen LogP contribution in [-0.2, 0) is 4.74 Å². The first kappa shape index (κ1) is 24.7. The van der Waals surface area contributed by atoms with Crippen LogP contribution < -0.4 is 0 Å². The third-order valence-electron chi connectivity index (χ3n) is 5.69. The number of allylic oxidation sites excluding steroid dienone is 1. The number of pyridine rings is 1. The molecule has 0 aliphatic heterocycles. The molecule has 0 saturated heterocycles. The molecule has 3 aromatic rings. The molecule has 0 aliphatic carbocycles. The fraction of sp³-hybridized carbons (Fsp3) is 0.345. The summed E-state index contributed by atoms with van der Waals surface area (Å²) < 4.78 is 20.5. The van der Waals surface area contributed by atoms with Gasteiger partial charge in [0, 0.05) is 29.5 Å². The summed E-state index contributed by atoms with van der Waals surface area (Å²) in [5.41, 5.74) is 3.97. The van der Waals surface area contributed by atoms with Crippen LogP contribution in [0.4, 0.5) is 4.39 Å². The van der Waals surface area contributed by atoms with Crippen LogP contribution in [0.15, 0.2) is 66.9 Å². The van der Waals surface area contributed by atoms with E-state index in [0.717, 1.165) is 54.7 Å². The lowest BCUT2D eigenvalue weighted by atomic mass is 10.0. The maximum atomic E-state index is 14.6. The second kappa shape index (κ2) is 12.9. The first-order valence-corrected chi connectivity index (χ1v) is 11.9. The summed E-state index contributed by atoms with van der Waals surface area (Å²) in [4.78, 5) is 4.49. The van der Waals surface area contributed by atoms with Crippen molar-refractivity contribution in [3.63, 3.8) is 0 Å². The number of nitrogens with zero attached hydrogens (tertiary/aromatic N) is 1. The maximum Gasteiger partial charge on any atom is 0.131 e. The summed E-state index contributed by atoms with van der Waals surface area (Å²) in [6.07, 6.45) is 12.5. The normalized spacial score (nSPS) is 12.3. The number of rotatable bonds is 12. The van der Waals surface area contributed by atoms with E-state index in [1.54, 1.807) is 24.4 Å². The molecule has 1 aromatic heterocycles. The van der Waals surface area contributed by atoms with Gasteiger partial charge in [-0.1, -0.05) is 50.1 Å². The van der Waals surface area contributed by atoms with Crippen molar-refractivity contribution in [1.82, 2.24) is 4.98 Å². The van der Waals surface area contributed by atoms with Gasteiger partial charge in [0.1, 0.15) is 11.6 Å². The predicted octanol–water partition coefficient (Wildman–Crippen LogP) is 8.04. The molecule has 33 heavy (non-hydrogen) atoms. The lowest BCUT2D eigenvalue weighted by molar-refractivity contribution is 0.0566. The Labute approximate surface area is 197 Å². The third-order valence-corrected chi connectivity index (χ3v) is 5.69. The summed E-state index contributed by atoms with van der Waals surface area (Å²) in [6, 6.07) is 16.0. The average molecular weight is 448 g/mol. The van der Waals surface area contributed by atoms with Crippen molar-refractivity contribution < 1.29 is 14.2 Å². The minimum atomic E-state index is -0.237. The highest BCUT2D eigenvalue weighted by Crippen LogP contribution is 2.25. The average Bonchev–Trinajstić information content (AvgIpc) is 2.83. The van der Waals surface area contributed by atoms with Crippen molar-refractivity contribution in [3.05, 3.63) is 78.3 Å². The Hall–Kier alpha value is -2.98. The summed E-state index contributed by atoms with van der Waals surface area (Å²) in [6.45, 7) is 5.17. The lowest BCUT2D eigenvalue weighted by Crippen LogP contribution is -2.08. The van der Waals surface area contributed by atoms with E-state index in [4.69, 9.17) is 4.74 Å². The Bertz CT molecular complexity index is 1010. The number of aromatic hydroxyl groups is 1. The number of phenolic OH excluding ortho intramolecular Hbond substituents is 1. The van der Waals surface area contributed by atoms with Crippen molar-refractivity contribution in [3.8, 4) is 28.1 Å². The Morgan fingerprint density at radius 3 is 2.42 bits per heavy atom. The molecule has 0 aliphatic rings. The van der Waals surface area contributed by atoms with E-state index in [1.165, 1.54) is 12.8 Å². The largest absolute Gasteiger partial charge is 0.508 e. The Kier molecular flexibility index (Phi) is 9.64. The number of phenols is 1. The van der Waals surface area contributed by atoms with Crippen LogP contribution in [0.3, 0.4) is 0 Å². The monoisotopic (exact) mass is 447 g/mol. The maximum absolute atomic E-state index is 14.6. The topological polar surface area (TPSA) is 42.4 Å².